The van der Waals surface area contributed by atoms with E-state index in [0.29, 0.717) is 5.56 Å². The van der Waals surface area contributed by atoms with Crippen LogP contribution in [0.2, 0.25) is 0 Å². The summed E-state index contributed by atoms with van der Waals surface area (Å²) in [5.41, 5.74) is 0.735. The molecule has 5 heteroatoms. The summed E-state index contributed by atoms with van der Waals surface area (Å²) < 4.78 is 0. The van der Waals surface area contributed by atoms with Gasteiger partial charge in [-0.25, -0.2) is 4.79 Å². The molecule has 0 amide bonds. The van der Waals surface area contributed by atoms with Gasteiger partial charge in [-0.1, -0.05) is 12.2 Å². The minimum absolute atomic E-state index is 0.130. The molecule has 1 rings (SSSR count). The molecule has 1 aromatic heterocycles. The van der Waals surface area contributed by atoms with E-state index in [0.717, 1.165) is 13.0 Å². The van der Waals surface area contributed by atoms with Crippen molar-refractivity contribution in [3.8, 4) is 0 Å². The zero-order valence-electron chi connectivity index (χ0n) is 7.95. The van der Waals surface area contributed by atoms with E-state index in [9.17, 15) is 4.79 Å². The molecule has 1 heterocycles. The van der Waals surface area contributed by atoms with Crippen LogP contribution in [0.5, 0.6) is 0 Å². The molecule has 0 fully saturated rings. The summed E-state index contributed by atoms with van der Waals surface area (Å²) in [6.07, 6.45) is 6.03. The molecule has 0 aliphatic rings. The molecule has 0 aliphatic carbocycles. The Morgan fingerprint density at radius 1 is 1.79 bits per heavy atom. The molecule has 0 aliphatic heterocycles. The number of aromatic amines is 1. The van der Waals surface area contributed by atoms with E-state index < -0.39 is 5.97 Å². The Morgan fingerprint density at radius 3 is 3.21 bits per heavy atom. The van der Waals surface area contributed by atoms with E-state index in [1.807, 2.05) is 13.1 Å². The van der Waals surface area contributed by atoms with Gasteiger partial charge in [0.25, 0.3) is 0 Å². The molecule has 0 bridgehead atoms. The van der Waals surface area contributed by atoms with Gasteiger partial charge in [-0.15, -0.1) is 0 Å². The molecule has 14 heavy (non-hydrogen) atoms. The maximum absolute atomic E-state index is 10.7. The highest BCUT2D eigenvalue weighted by Gasteiger charge is 2.08. The number of rotatable bonds is 5. The minimum atomic E-state index is -0.990. The average Bonchev–Trinajstić information content (AvgIpc) is 2.60. The van der Waals surface area contributed by atoms with E-state index in [-0.39, 0.29) is 5.69 Å². The van der Waals surface area contributed by atoms with Crippen molar-refractivity contribution >= 4 is 12.0 Å². The highest BCUT2D eigenvalue weighted by Crippen LogP contribution is 2.06. The van der Waals surface area contributed by atoms with Crippen molar-refractivity contribution in [2.24, 2.45) is 0 Å². The van der Waals surface area contributed by atoms with E-state index in [1.54, 1.807) is 6.08 Å². The Morgan fingerprint density at radius 2 is 2.57 bits per heavy atom. The van der Waals surface area contributed by atoms with Crippen molar-refractivity contribution < 1.29 is 9.90 Å². The molecule has 0 unspecified atom stereocenters. The van der Waals surface area contributed by atoms with Gasteiger partial charge >= 0.3 is 5.97 Å². The van der Waals surface area contributed by atoms with Crippen molar-refractivity contribution in [2.75, 3.05) is 13.6 Å². The van der Waals surface area contributed by atoms with Crippen LogP contribution in [0, 0.1) is 0 Å². The first kappa shape index (κ1) is 10.5. The van der Waals surface area contributed by atoms with Gasteiger partial charge in [-0.2, -0.15) is 5.10 Å². The number of carbonyl (C=O) groups is 1. The van der Waals surface area contributed by atoms with Gasteiger partial charge in [0.1, 0.15) is 0 Å². The van der Waals surface area contributed by atoms with Crippen LogP contribution in [0.25, 0.3) is 6.08 Å². The van der Waals surface area contributed by atoms with Crippen LogP contribution in [0.3, 0.4) is 0 Å². The molecule has 0 aromatic carbocycles. The number of carboxylic acid groups (broad SMARTS) is 1. The molecule has 3 N–H and O–H groups in total. The van der Waals surface area contributed by atoms with Crippen LogP contribution in [-0.4, -0.2) is 34.9 Å². The first-order valence-corrected chi connectivity index (χ1v) is 4.33. The van der Waals surface area contributed by atoms with Crippen LogP contribution < -0.4 is 5.32 Å². The van der Waals surface area contributed by atoms with Crippen LogP contribution in [0.15, 0.2) is 12.3 Å². The van der Waals surface area contributed by atoms with Gasteiger partial charge in [0.15, 0.2) is 5.69 Å². The highest BCUT2D eigenvalue weighted by atomic mass is 16.4. The quantitative estimate of drug-likeness (QED) is 0.605. The third-order valence-corrected chi connectivity index (χ3v) is 1.74. The average molecular weight is 195 g/mol. The standard InChI is InChI=1S/C9H13N3O2/c1-10-5-3-2-4-7-6-11-12-8(7)9(13)14/h2,4,6,10H,3,5H2,1H3,(H,11,12)(H,13,14). The van der Waals surface area contributed by atoms with Crippen molar-refractivity contribution in [1.82, 2.24) is 15.5 Å². The predicted octanol–water partition coefficient (Wildman–Crippen LogP) is 0.731. The van der Waals surface area contributed by atoms with Crippen LogP contribution in [0.1, 0.15) is 22.5 Å². The monoisotopic (exact) mass is 195 g/mol. The van der Waals surface area contributed by atoms with Crippen molar-refractivity contribution in [3.05, 3.63) is 23.5 Å². The summed E-state index contributed by atoms with van der Waals surface area (Å²) >= 11 is 0. The van der Waals surface area contributed by atoms with Gasteiger partial charge in [-0.05, 0) is 20.0 Å². The van der Waals surface area contributed by atoms with E-state index in [1.165, 1.54) is 6.20 Å². The number of aromatic nitrogens is 2. The number of nitrogens with zero attached hydrogens (tertiary/aromatic N) is 1. The van der Waals surface area contributed by atoms with Gasteiger partial charge in [-0.3, -0.25) is 5.10 Å². The number of H-pyrrole nitrogens is 1. The maximum Gasteiger partial charge on any atom is 0.354 e. The number of aromatic carboxylic acids is 1. The lowest BCUT2D eigenvalue weighted by Crippen LogP contribution is -2.05. The zero-order chi connectivity index (χ0) is 10.4. The topological polar surface area (TPSA) is 78.0 Å². The predicted molar refractivity (Wildman–Crippen MR) is 53.1 cm³/mol. The second kappa shape index (κ2) is 5.18. The second-order valence-electron chi connectivity index (χ2n) is 2.80. The molecule has 0 spiro atoms. The molecule has 5 nitrogen and oxygen atoms in total. The van der Waals surface area contributed by atoms with Crippen LogP contribution in [0.4, 0.5) is 0 Å². The van der Waals surface area contributed by atoms with Gasteiger partial charge in [0, 0.05) is 5.56 Å². The van der Waals surface area contributed by atoms with Crippen molar-refractivity contribution in [2.45, 2.75) is 6.42 Å². The molecule has 0 atom stereocenters. The van der Waals surface area contributed by atoms with Gasteiger partial charge in [0.05, 0.1) is 6.20 Å². The first-order valence-electron chi connectivity index (χ1n) is 4.33. The highest BCUT2D eigenvalue weighted by molar-refractivity contribution is 5.89. The van der Waals surface area contributed by atoms with E-state index >= 15 is 0 Å². The fourth-order valence-corrected chi connectivity index (χ4v) is 1.03. The lowest BCUT2D eigenvalue weighted by Gasteiger charge is -1.92. The Balaban J connectivity index is 2.62. The Bertz CT molecular complexity index is 331. The number of nitrogens with one attached hydrogen (secondary N) is 2. The summed E-state index contributed by atoms with van der Waals surface area (Å²) in [5.74, 6) is -0.990. The van der Waals surface area contributed by atoms with Crippen molar-refractivity contribution in [1.29, 1.82) is 0 Å². The Labute approximate surface area is 81.8 Å². The molecule has 76 valence electrons. The number of hydrogen-bond donors (Lipinski definition) is 3. The van der Waals surface area contributed by atoms with Crippen LogP contribution >= 0.6 is 0 Å². The minimum Gasteiger partial charge on any atom is -0.477 e. The Hall–Kier alpha value is -1.62. The molecular weight excluding hydrogens is 182 g/mol. The molecule has 0 radical (unpaired) electrons. The van der Waals surface area contributed by atoms with Crippen molar-refractivity contribution in [3.63, 3.8) is 0 Å². The molecular formula is C9H13N3O2. The summed E-state index contributed by atoms with van der Waals surface area (Å²) in [5, 5.41) is 17.8. The fraction of sp³-hybridized carbons (Fsp3) is 0.333. The third-order valence-electron chi connectivity index (χ3n) is 1.74. The number of carboxylic acids is 1. The zero-order valence-corrected chi connectivity index (χ0v) is 7.95. The number of hydrogen-bond acceptors (Lipinski definition) is 3. The third kappa shape index (κ3) is 2.70. The molecule has 1 aromatic rings. The normalized spacial score (nSPS) is 10.9. The molecule has 0 saturated carbocycles. The lowest BCUT2D eigenvalue weighted by atomic mass is 10.2. The lowest BCUT2D eigenvalue weighted by molar-refractivity contribution is 0.0690. The fourth-order valence-electron chi connectivity index (χ4n) is 1.03. The van der Waals surface area contributed by atoms with Gasteiger partial charge < -0.3 is 10.4 Å². The van der Waals surface area contributed by atoms with Crippen LogP contribution in [-0.2, 0) is 0 Å². The summed E-state index contributed by atoms with van der Waals surface area (Å²) in [6.45, 7) is 0.872. The summed E-state index contributed by atoms with van der Waals surface area (Å²) in [4.78, 5) is 10.7. The maximum atomic E-state index is 10.7. The summed E-state index contributed by atoms with van der Waals surface area (Å²) in [7, 11) is 1.87. The first-order chi connectivity index (χ1) is 6.75. The SMILES string of the molecule is CNCCC=Cc1cn[nH]c1C(=O)O. The smallest absolute Gasteiger partial charge is 0.354 e. The van der Waals surface area contributed by atoms with E-state index in [4.69, 9.17) is 5.11 Å². The second-order valence-corrected chi connectivity index (χ2v) is 2.80. The summed E-state index contributed by atoms with van der Waals surface area (Å²) in [6, 6.07) is 0. The Kier molecular flexibility index (Phi) is 3.87. The van der Waals surface area contributed by atoms with E-state index in [2.05, 4.69) is 15.5 Å². The largest absolute Gasteiger partial charge is 0.477 e. The molecule has 0 saturated heterocycles. The van der Waals surface area contributed by atoms with Gasteiger partial charge in [0.2, 0.25) is 0 Å².